The molecule has 0 unspecified atom stereocenters. The van der Waals surface area contributed by atoms with Gasteiger partial charge in [-0.1, -0.05) is 0 Å². The molecule has 0 aliphatic rings. The molecule has 0 saturated heterocycles. The van der Waals surface area contributed by atoms with E-state index < -0.39 is 163 Å². The van der Waals surface area contributed by atoms with Crippen LogP contribution in [-0.4, -0.2) is 175 Å². The molecule has 450 valence electrons. The molecule has 0 heterocycles. The van der Waals surface area contributed by atoms with Crippen LogP contribution < -0.4 is 35.7 Å². The van der Waals surface area contributed by atoms with Gasteiger partial charge in [-0.2, -0.15) is 0 Å². The molecule has 0 amide bonds. The number of aromatic hydroxyl groups is 14. The molecular weight excluding hydrogens is 1450 g/mol. The minimum Gasteiger partial charge on any atom is -0.867 e. The molecule has 0 aliphatic carbocycles. The van der Waals surface area contributed by atoms with E-state index in [2.05, 4.69) is 0 Å². The van der Waals surface area contributed by atoms with Crippen molar-refractivity contribution < 1.29 is 203 Å². The van der Waals surface area contributed by atoms with Crippen molar-refractivity contribution in [3.05, 3.63) is 124 Å². The molecule has 7 aromatic carbocycles. The Balaban J connectivity index is 0. The zero-order valence-electron chi connectivity index (χ0n) is 41.6. The largest absolute Gasteiger partial charge is 4.00 e. The maximum Gasteiger partial charge on any atom is 4.00 e. The second kappa shape index (κ2) is 33.4. The summed E-state index contributed by atoms with van der Waals surface area (Å²) in [7, 11) is 0. The van der Waals surface area contributed by atoms with Gasteiger partial charge in [0.15, 0.2) is 0 Å². The third-order valence-electron chi connectivity index (χ3n) is 9.08. The van der Waals surface area contributed by atoms with E-state index in [-0.39, 0.29) is 91.4 Å². The molecule has 0 aliphatic heterocycles. The van der Waals surface area contributed by atoms with E-state index in [9.17, 15) is 69.3 Å². The summed E-state index contributed by atoms with van der Waals surface area (Å²) in [5, 5.41) is 256. The van der Waals surface area contributed by atoms with Crippen molar-refractivity contribution in [2.75, 3.05) is 0 Å². The Kier molecular flexibility index (Phi) is 29.7. The van der Waals surface area contributed by atoms with Crippen LogP contribution in [0.15, 0.2) is 84.9 Å². The quantitative estimate of drug-likeness (QED) is 0.0825. The molecular formula is C49H35BiO35Zr. The van der Waals surface area contributed by atoms with E-state index in [1.165, 1.54) is 0 Å². The Labute approximate surface area is 512 Å². The van der Waals surface area contributed by atoms with E-state index in [4.69, 9.17) is 107 Å². The van der Waals surface area contributed by atoms with Gasteiger partial charge in [0, 0.05) is 0 Å². The molecule has 2 radical (unpaired) electrons. The number of benzene rings is 7. The predicted molar refractivity (Wildman–Crippen MR) is 259 cm³/mol. The number of phenolic OH excluding ortho intramolecular Hbond substituents is 14. The molecule has 7 aromatic rings. The van der Waals surface area contributed by atoms with Crippen LogP contribution >= 0.6 is 0 Å². The summed E-state index contributed by atoms with van der Waals surface area (Å²) in [6, 6.07) is 10.9. The van der Waals surface area contributed by atoms with Crippen molar-refractivity contribution in [3.63, 3.8) is 0 Å². The van der Waals surface area contributed by atoms with Crippen molar-refractivity contribution in [2.45, 2.75) is 0 Å². The number of hydrogen-bond donors (Lipinski definition) is 21. The van der Waals surface area contributed by atoms with Crippen molar-refractivity contribution in [1.29, 1.82) is 0 Å². The van der Waals surface area contributed by atoms with E-state index in [1.54, 1.807) is 0 Å². The number of carbonyl (C=O) groups is 7. The third-order valence-corrected chi connectivity index (χ3v) is 9.08. The first-order valence-electron chi connectivity index (χ1n) is 20.9. The molecule has 0 aromatic heterocycles. The molecule has 0 saturated carbocycles. The summed E-state index contributed by atoms with van der Waals surface area (Å²) in [5.41, 5.74) is -2.30. The topological polar surface area (TPSA) is 706 Å². The number of carboxylic acids is 7. The van der Waals surface area contributed by atoms with Gasteiger partial charge in [0.2, 0.25) is 0 Å². The van der Waals surface area contributed by atoms with Crippen LogP contribution in [0.3, 0.4) is 0 Å². The number of hydrogen-bond acceptors (Lipinski definition) is 28. The second-order valence-electron chi connectivity index (χ2n) is 15.0. The van der Waals surface area contributed by atoms with Crippen LogP contribution in [-0.2, 0) is 26.2 Å². The smallest absolute Gasteiger partial charge is 0.867 e. The third kappa shape index (κ3) is 22.4. The first-order chi connectivity index (χ1) is 38.6. The summed E-state index contributed by atoms with van der Waals surface area (Å²) in [5.74, 6) is -26.8. The fourth-order valence-corrected chi connectivity index (χ4v) is 5.05. The number of carboxylic acid groups (broad SMARTS) is 7. The Morgan fingerprint density at radius 1 is 0.198 bits per heavy atom. The molecule has 21 N–H and O–H groups in total. The van der Waals surface area contributed by atoms with E-state index in [1.807, 2.05) is 0 Å². The second-order valence-corrected chi connectivity index (χ2v) is 15.0. The fraction of sp³-hybridized carbons (Fsp3) is 0. The SMILES string of the molecule is O=C(O)c1cc(O)c([O-])c(O)c1.O=C(O)c1cc(O)c([O-])c(O)c1.O=C(O)c1cc(O)c([O-])c(O)c1.O=C(O)c1cc(O)c([O-])c(O)c1.O=C(O)c1cc(O)c([O-])c(O)c1.O=C(O)c1cc(O)c([O-])c(O)c1.O=C(O)c1cc(O)c([O-])c(O)c1.[Bi+3].[Zr+4]. The van der Waals surface area contributed by atoms with Crippen molar-refractivity contribution in [3.8, 4) is 121 Å². The van der Waals surface area contributed by atoms with Gasteiger partial charge < -0.3 is 143 Å². The summed E-state index contributed by atoms with van der Waals surface area (Å²) >= 11 is 0. The van der Waals surface area contributed by atoms with Crippen LogP contribution in [0.5, 0.6) is 121 Å². The summed E-state index contributed by atoms with van der Waals surface area (Å²) in [4.78, 5) is 72.0. The maximum absolute atomic E-state index is 10.7. The average molecular weight is 1480 g/mol. The summed E-state index contributed by atoms with van der Waals surface area (Å²) < 4.78 is 0. The zero-order valence-corrected chi connectivity index (χ0v) is 47.6. The van der Waals surface area contributed by atoms with E-state index >= 15 is 0 Å². The van der Waals surface area contributed by atoms with Gasteiger partial charge in [-0.15, -0.1) is 0 Å². The normalized spacial score (nSPS) is 9.44. The molecule has 0 fully saturated rings. The predicted octanol–water partition coefficient (Wildman–Crippen LogP) is -1.30. The van der Waals surface area contributed by atoms with E-state index in [0.29, 0.717) is 0 Å². The van der Waals surface area contributed by atoms with Gasteiger partial charge in [0.05, 0.1) is 38.9 Å². The van der Waals surface area contributed by atoms with Crippen molar-refractivity contribution >= 4 is 68.0 Å². The van der Waals surface area contributed by atoms with Crippen molar-refractivity contribution in [2.24, 2.45) is 0 Å². The van der Waals surface area contributed by atoms with Gasteiger partial charge in [-0.25, -0.2) is 33.6 Å². The molecule has 86 heavy (non-hydrogen) atoms. The van der Waals surface area contributed by atoms with Gasteiger partial charge in [-0.05, 0) is 125 Å². The Bertz CT molecular complexity index is 2830. The fourth-order valence-electron chi connectivity index (χ4n) is 5.05. The molecule has 35 nitrogen and oxygen atoms in total. The minimum atomic E-state index is -1.32. The number of aromatic carboxylic acids is 7. The molecule has 37 heteroatoms. The van der Waals surface area contributed by atoms with Gasteiger partial charge >= 0.3 is 94.2 Å². The first kappa shape index (κ1) is 76.5. The standard InChI is InChI=1S/7C7H6O5.Bi.Zr/c7*8-4-1-3(7(11)12)2-5(9)6(4)10;;/h7*1-2,8-10H,(H,11,12);;/q;;;;;;;+3;+4/p-7. The van der Waals surface area contributed by atoms with Crippen LogP contribution in [0, 0.1) is 0 Å². The summed E-state index contributed by atoms with van der Waals surface area (Å²) in [6.07, 6.45) is 0. The number of phenols is 14. The average Bonchev–Trinajstić information content (AvgIpc) is 3.40. The van der Waals surface area contributed by atoms with Crippen LogP contribution in [0.4, 0.5) is 0 Å². The first-order valence-corrected chi connectivity index (χ1v) is 20.9. The van der Waals surface area contributed by atoms with Gasteiger partial charge in [0.1, 0.15) is 80.5 Å². The van der Waals surface area contributed by atoms with Crippen LogP contribution in [0.1, 0.15) is 72.5 Å². The maximum atomic E-state index is 10.7. The Morgan fingerprint density at radius 2 is 0.256 bits per heavy atom. The Hall–Kier alpha value is -11.6. The molecule has 0 bridgehead atoms. The minimum absolute atomic E-state index is 0. The van der Waals surface area contributed by atoms with Gasteiger partial charge in [0.25, 0.3) is 0 Å². The molecule has 0 atom stereocenters. The number of rotatable bonds is 7. The summed E-state index contributed by atoms with van der Waals surface area (Å²) in [6.45, 7) is 0. The monoisotopic (exact) mass is 1480 g/mol. The molecule has 0 spiro atoms. The van der Waals surface area contributed by atoms with Crippen LogP contribution in [0.25, 0.3) is 0 Å². The van der Waals surface area contributed by atoms with Crippen LogP contribution in [0.2, 0.25) is 0 Å². The Morgan fingerprint density at radius 3 is 0.302 bits per heavy atom. The zero-order chi connectivity index (χ0) is 65.1. The van der Waals surface area contributed by atoms with Crippen molar-refractivity contribution in [1.82, 2.24) is 0 Å². The van der Waals surface area contributed by atoms with E-state index in [0.717, 1.165) is 84.9 Å². The molecule has 7 rings (SSSR count). The van der Waals surface area contributed by atoms with Gasteiger partial charge in [-0.3, -0.25) is 0 Å².